The molecule has 0 spiro atoms. The van der Waals surface area contributed by atoms with Crippen LogP contribution in [0.2, 0.25) is 0 Å². The van der Waals surface area contributed by atoms with E-state index in [1.807, 2.05) is 13.8 Å². The summed E-state index contributed by atoms with van der Waals surface area (Å²) in [7, 11) is -3.77. The van der Waals surface area contributed by atoms with Crippen molar-refractivity contribution in [2.75, 3.05) is 12.9 Å². The molecule has 4 N–H and O–H groups in total. The molecule has 0 saturated heterocycles. The van der Waals surface area contributed by atoms with Gasteiger partial charge in [-0.2, -0.15) is 8.42 Å². The molecule has 2 unspecified atom stereocenters. The van der Waals surface area contributed by atoms with Crippen molar-refractivity contribution < 1.29 is 32.3 Å². The number of benzene rings is 1. The number of rotatable bonds is 20. The largest absolute Gasteiger partial charge is 0.504 e. The van der Waals surface area contributed by atoms with Gasteiger partial charge in [0.1, 0.15) is 6.10 Å². The summed E-state index contributed by atoms with van der Waals surface area (Å²) in [6.07, 6.45) is 21.4. The Balaban J connectivity index is 0.00000509. The molecule has 0 aliphatic rings. The molecule has 1 aromatic carbocycles. The molecule has 0 amide bonds. The molecule has 9 heteroatoms. The Morgan fingerprint density at radius 2 is 1.51 bits per heavy atom. The lowest BCUT2D eigenvalue weighted by Crippen LogP contribution is -2.36. The molecule has 236 valence electrons. The molecule has 0 saturated carbocycles. The second-order valence-electron chi connectivity index (χ2n) is 10.5. The first-order valence-corrected chi connectivity index (χ1v) is 16.9. The first kappa shape index (κ1) is 38.8. The molecule has 0 radical (unpaired) electrons. The summed E-state index contributed by atoms with van der Waals surface area (Å²) in [6.45, 7) is 7.85. The van der Waals surface area contributed by atoms with E-state index in [9.17, 15) is 18.3 Å². The standard InChI is InChI=1S/C30H49NO6S.C2H6O/c1-5-6-7-8-9-10-11-12-13-14-15-16-17-18-19-20-28(33)36-27-22-21-25(23-26(27)32)30(29(31)24(2)3)37-38(4,34)35;1-2-3/h8-9,11-12,21-24,29-30,32H,5-7,10,13-20,31H2,1-4H3;3H,2H2,1H3/b9-8+,12-11+;. The molecule has 0 aromatic heterocycles. The van der Waals surface area contributed by atoms with Crippen LogP contribution in [0.5, 0.6) is 11.5 Å². The van der Waals surface area contributed by atoms with Gasteiger partial charge in [0.15, 0.2) is 11.5 Å². The molecule has 0 heterocycles. The van der Waals surface area contributed by atoms with E-state index < -0.39 is 28.2 Å². The van der Waals surface area contributed by atoms with Crippen LogP contribution in [0.15, 0.2) is 42.5 Å². The van der Waals surface area contributed by atoms with Crippen molar-refractivity contribution in [1.29, 1.82) is 0 Å². The monoisotopic (exact) mass is 597 g/mol. The zero-order valence-electron chi connectivity index (χ0n) is 25.9. The minimum absolute atomic E-state index is 0.0273. The van der Waals surface area contributed by atoms with E-state index >= 15 is 0 Å². The fourth-order valence-electron chi connectivity index (χ4n) is 3.92. The maximum absolute atomic E-state index is 12.2. The summed E-state index contributed by atoms with van der Waals surface area (Å²) in [5.74, 6) is -0.717. The summed E-state index contributed by atoms with van der Waals surface area (Å²) < 4.78 is 33.9. The van der Waals surface area contributed by atoms with Gasteiger partial charge in [0.05, 0.1) is 6.26 Å². The summed E-state index contributed by atoms with van der Waals surface area (Å²) in [5.41, 5.74) is 6.55. The fourth-order valence-corrected chi connectivity index (χ4v) is 4.53. The molecule has 2 atom stereocenters. The summed E-state index contributed by atoms with van der Waals surface area (Å²) in [6, 6.07) is 3.71. The second-order valence-corrected chi connectivity index (χ2v) is 12.1. The first-order valence-electron chi connectivity index (χ1n) is 15.0. The molecule has 1 rings (SSSR count). The predicted molar refractivity (Wildman–Crippen MR) is 167 cm³/mol. The number of carbonyl (C=O) groups excluding carboxylic acids is 1. The van der Waals surface area contributed by atoms with Crippen LogP contribution in [0.4, 0.5) is 0 Å². The van der Waals surface area contributed by atoms with Crippen LogP contribution in [-0.2, 0) is 19.1 Å². The smallest absolute Gasteiger partial charge is 0.311 e. The Bertz CT molecular complexity index is 990. The number of phenols is 1. The molecule has 41 heavy (non-hydrogen) atoms. The van der Waals surface area contributed by atoms with Crippen molar-refractivity contribution in [2.24, 2.45) is 11.7 Å². The molecule has 0 fully saturated rings. The highest BCUT2D eigenvalue weighted by molar-refractivity contribution is 7.86. The molecule has 0 bridgehead atoms. The highest BCUT2D eigenvalue weighted by Crippen LogP contribution is 2.33. The van der Waals surface area contributed by atoms with Gasteiger partial charge in [-0.1, -0.05) is 89.7 Å². The van der Waals surface area contributed by atoms with Gasteiger partial charge in [-0.3, -0.25) is 8.98 Å². The van der Waals surface area contributed by atoms with E-state index in [4.69, 9.17) is 19.8 Å². The van der Waals surface area contributed by atoms with Gasteiger partial charge in [-0.05, 0) is 62.6 Å². The Kier molecular flexibility index (Phi) is 22.1. The number of aliphatic hydroxyl groups excluding tert-OH is 1. The third-order valence-electron chi connectivity index (χ3n) is 6.26. The maximum Gasteiger partial charge on any atom is 0.311 e. The predicted octanol–water partition coefficient (Wildman–Crippen LogP) is 7.11. The lowest BCUT2D eigenvalue weighted by molar-refractivity contribution is -0.134. The summed E-state index contributed by atoms with van der Waals surface area (Å²) >= 11 is 0. The van der Waals surface area contributed by atoms with Gasteiger partial charge in [0, 0.05) is 19.1 Å². The molecule has 8 nitrogen and oxygen atoms in total. The Labute approximate surface area is 249 Å². The van der Waals surface area contributed by atoms with Gasteiger partial charge < -0.3 is 20.7 Å². The molecule has 0 aliphatic carbocycles. The summed E-state index contributed by atoms with van der Waals surface area (Å²) in [4.78, 5) is 12.2. The van der Waals surface area contributed by atoms with Crippen LogP contribution in [0.3, 0.4) is 0 Å². The number of aliphatic hydroxyl groups is 1. The molecule has 0 aliphatic heterocycles. The van der Waals surface area contributed by atoms with E-state index in [0.717, 1.165) is 44.8 Å². The number of ether oxygens (including phenoxy) is 1. The molecule has 1 aromatic rings. The van der Waals surface area contributed by atoms with Gasteiger partial charge in [-0.15, -0.1) is 0 Å². The second kappa shape index (κ2) is 23.4. The minimum Gasteiger partial charge on any atom is -0.504 e. The minimum atomic E-state index is -3.77. The number of aromatic hydroxyl groups is 1. The third-order valence-corrected chi connectivity index (χ3v) is 6.82. The van der Waals surface area contributed by atoms with Crippen LogP contribution >= 0.6 is 0 Å². The number of carbonyl (C=O) groups is 1. The average Bonchev–Trinajstić information content (AvgIpc) is 2.90. The van der Waals surface area contributed by atoms with Crippen LogP contribution in [0.25, 0.3) is 0 Å². The quantitative estimate of drug-likeness (QED) is 0.0476. The van der Waals surface area contributed by atoms with Crippen LogP contribution < -0.4 is 10.5 Å². The van der Waals surface area contributed by atoms with Crippen LogP contribution in [-0.4, -0.2) is 43.5 Å². The Morgan fingerprint density at radius 1 is 0.951 bits per heavy atom. The number of allylic oxidation sites excluding steroid dienone is 4. The number of phenolic OH excluding ortho intramolecular Hbond substituents is 1. The topological polar surface area (TPSA) is 136 Å². The van der Waals surface area contributed by atoms with Crippen molar-refractivity contribution >= 4 is 16.1 Å². The average molecular weight is 598 g/mol. The van der Waals surface area contributed by atoms with Gasteiger partial charge >= 0.3 is 5.97 Å². The zero-order chi connectivity index (χ0) is 31.1. The Morgan fingerprint density at radius 3 is 2.05 bits per heavy atom. The number of nitrogens with two attached hydrogens (primary N) is 1. The normalized spacial score (nSPS) is 13.4. The first-order chi connectivity index (χ1) is 19.5. The van der Waals surface area contributed by atoms with Crippen molar-refractivity contribution in [1.82, 2.24) is 0 Å². The van der Waals surface area contributed by atoms with Crippen LogP contribution in [0, 0.1) is 5.92 Å². The van der Waals surface area contributed by atoms with E-state index in [0.29, 0.717) is 5.56 Å². The highest BCUT2D eigenvalue weighted by atomic mass is 32.2. The Hall–Kier alpha value is -2.20. The van der Waals surface area contributed by atoms with Crippen molar-refractivity contribution in [3.63, 3.8) is 0 Å². The van der Waals surface area contributed by atoms with Crippen molar-refractivity contribution in [2.45, 2.75) is 117 Å². The lowest BCUT2D eigenvalue weighted by atomic mass is 9.94. The SMILES string of the molecule is CCCC/C=C/C/C=C/CCCCCCCCC(=O)Oc1ccc(C(OS(C)(=O)=O)C(N)C(C)C)cc1O.CCO. The molecular formula is C32H55NO7S. The number of hydrogen-bond acceptors (Lipinski definition) is 8. The number of hydrogen-bond donors (Lipinski definition) is 3. The molecular weight excluding hydrogens is 542 g/mol. The fraction of sp³-hybridized carbons (Fsp3) is 0.656. The number of unbranched alkanes of at least 4 members (excludes halogenated alkanes) is 8. The lowest BCUT2D eigenvalue weighted by Gasteiger charge is -2.26. The maximum atomic E-state index is 12.2. The van der Waals surface area contributed by atoms with Crippen LogP contribution in [0.1, 0.15) is 116 Å². The van der Waals surface area contributed by atoms with E-state index in [-0.39, 0.29) is 30.4 Å². The van der Waals surface area contributed by atoms with Crippen molar-refractivity contribution in [3.05, 3.63) is 48.1 Å². The van der Waals surface area contributed by atoms with E-state index in [1.165, 1.54) is 44.2 Å². The van der Waals surface area contributed by atoms with Gasteiger partial charge in [-0.25, -0.2) is 0 Å². The number of esters is 1. The third kappa shape index (κ3) is 20.3. The van der Waals surface area contributed by atoms with Crippen molar-refractivity contribution in [3.8, 4) is 11.5 Å². The van der Waals surface area contributed by atoms with Gasteiger partial charge in [0.2, 0.25) is 0 Å². The van der Waals surface area contributed by atoms with Gasteiger partial charge in [0.25, 0.3) is 10.1 Å². The van der Waals surface area contributed by atoms with E-state index in [2.05, 4.69) is 31.2 Å². The summed E-state index contributed by atoms with van der Waals surface area (Å²) in [5, 5.41) is 18.0. The highest BCUT2D eigenvalue weighted by Gasteiger charge is 2.28. The van der Waals surface area contributed by atoms with E-state index in [1.54, 1.807) is 13.0 Å². The zero-order valence-corrected chi connectivity index (χ0v) is 26.7.